The Morgan fingerprint density at radius 2 is 2.00 bits per heavy atom. The minimum absolute atomic E-state index is 0.159. The summed E-state index contributed by atoms with van der Waals surface area (Å²) in [5.74, 6) is -1.17. The number of hydrogen-bond donors (Lipinski definition) is 2. The lowest BCUT2D eigenvalue weighted by atomic mass is 9.87. The molecule has 0 spiro atoms. The van der Waals surface area contributed by atoms with Gasteiger partial charge in [0.2, 0.25) is 0 Å². The molecule has 0 aromatic rings. The molecule has 2 aliphatic rings. The number of carbonyl (C=O) groups is 3. The predicted molar refractivity (Wildman–Crippen MR) is 71.1 cm³/mol. The van der Waals surface area contributed by atoms with E-state index < -0.39 is 11.5 Å². The zero-order valence-electron chi connectivity index (χ0n) is 12.0. The molecule has 0 radical (unpaired) electrons. The van der Waals surface area contributed by atoms with Gasteiger partial charge in [-0.25, -0.2) is 4.79 Å². The van der Waals surface area contributed by atoms with Crippen LogP contribution in [0.5, 0.6) is 0 Å². The Morgan fingerprint density at radius 3 is 2.45 bits per heavy atom. The molecule has 1 atom stereocenters. The fourth-order valence-corrected chi connectivity index (χ4v) is 2.57. The van der Waals surface area contributed by atoms with Gasteiger partial charge in [-0.05, 0) is 19.8 Å². The standard InChI is InChI=1S/C13H21N3O4/c1-8(10(17)18)9-6-15(7-9)4-5-16-11(19)13(2,3)14-12(16)20/h8-9H,4-7H2,1-3H3,(H,14,20)(H,17,18). The monoisotopic (exact) mass is 283 g/mol. The summed E-state index contributed by atoms with van der Waals surface area (Å²) in [6.07, 6.45) is 0. The van der Waals surface area contributed by atoms with Crippen molar-refractivity contribution in [3.63, 3.8) is 0 Å². The molecule has 2 saturated heterocycles. The van der Waals surface area contributed by atoms with Crippen LogP contribution in [-0.2, 0) is 9.59 Å². The molecule has 0 aromatic heterocycles. The van der Waals surface area contributed by atoms with Gasteiger partial charge in [0.05, 0.1) is 5.92 Å². The second kappa shape index (κ2) is 5.05. The number of hydrogen-bond acceptors (Lipinski definition) is 4. The molecule has 7 heteroatoms. The smallest absolute Gasteiger partial charge is 0.325 e. The van der Waals surface area contributed by atoms with Crippen LogP contribution in [0.2, 0.25) is 0 Å². The van der Waals surface area contributed by atoms with E-state index in [1.807, 2.05) is 0 Å². The van der Waals surface area contributed by atoms with Crippen LogP contribution in [0.25, 0.3) is 0 Å². The van der Waals surface area contributed by atoms with E-state index in [-0.39, 0.29) is 23.8 Å². The lowest BCUT2D eigenvalue weighted by Gasteiger charge is -2.41. The van der Waals surface area contributed by atoms with E-state index in [1.54, 1.807) is 20.8 Å². The maximum Gasteiger partial charge on any atom is 0.325 e. The third-order valence-electron chi connectivity index (χ3n) is 4.17. The van der Waals surface area contributed by atoms with Crippen LogP contribution >= 0.6 is 0 Å². The average molecular weight is 283 g/mol. The van der Waals surface area contributed by atoms with E-state index in [4.69, 9.17) is 5.11 Å². The zero-order valence-corrected chi connectivity index (χ0v) is 12.0. The van der Waals surface area contributed by atoms with Crippen molar-refractivity contribution < 1.29 is 19.5 Å². The highest BCUT2D eigenvalue weighted by Crippen LogP contribution is 2.24. The first-order valence-corrected chi connectivity index (χ1v) is 6.81. The summed E-state index contributed by atoms with van der Waals surface area (Å²) in [6.45, 7) is 7.44. The minimum atomic E-state index is -0.827. The van der Waals surface area contributed by atoms with Crippen LogP contribution < -0.4 is 5.32 Å². The van der Waals surface area contributed by atoms with Crippen molar-refractivity contribution in [2.24, 2.45) is 11.8 Å². The number of carboxylic acid groups (broad SMARTS) is 1. The quantitative estimate of drug-likeness (QED) is 0.692. The van der Waals surface area contributed by atoms with Crippen LogP contribution in [-0.4, -0.2) is 64.5 Å². The number of carboxylic acids is 1. The van der Waals surface area contributed by atoms with Crippen molar-refractivity contribution >= 4 is 17.9 Å². The first-order chi connectivity index (χ1) is 9.22. The highest BCUT2D eigenvalue weighted by atomic mass is 16.4. The highest BCUT2D eigenvalue weighted by Gasteiger charge is 2.44. The number of aliphatic carboxylic acids is 1. The van der Waals surface area contributed by atoms with E-state index in [2.05, 4.69) is 10.2 Å². The SMILES string of the molecule is CC(C(=O)O)C1CN(CCN2C(=O)NC(C)(C)C2=O)C1. The zero-order chi connectivity index (χ0) is 15.1. The Balaban J connectivity index is 1.77. The maximum atomic E-state index is 12.0. The summed E-state index contributed by atoms with van der Waals surface area (Å²) in [7, 11) is 0. The van der Waals surface area contributed by atoms with Gasteiger partial charge in [-0.2, -0.15) is 0 Å². The topological polar surface area (TPSA) is 89.9 Å². The van der Waals surface area contributed by atoms with Crippen LogP contribution in [0.15, 0.2) is 0 Å². The fraction of sp³-hybridized carbons (Fsp3) is 0.769. The average Bonchev–Trinajstić information content (AvgIpc) is 2.47. The molecule has 7 nitrogen and oxygen atoms in total. The lowest BCUT2D eigenvalue weighted by molar-refractivity contribution is -0.145. The summed E-state index contributed by atoms with van der Waals surface area (Å²) in [5, 5.41) is 11.5. The number of nitrogens with zero attached hydrogens (tertiary/aromatic N) is 2. The molecule has 0 aromatic carbocycles. The van der Waals surface area contributed by atoms with Crippen molar-refractivity contribution in [1.82, 2.24) is 15.1 Å². The van der Waals surface area contributed by atoms with Crippen LogP contribution in [0.1, 0.15) is 20.8 Å². The van der Waals surface area contributed by atoms with Gasteiger partial charge in [-0.3, -0.25) is 14.5 Å². The Kier molecular flexibility index (Phi) is 3.73. The molecule has 2 fully saturated rings. The number of amides is 3. The number of rotatable bonds is 5. The molecule has 1 unspecified atom stereocenters. The van der Waals surface area contributed by atoms with Gasteiger partial charge in [0.1, 0.15) is 5.54 Å². The Hall–Kier alpha value is -1.63. The minimum Gasteiger partial charge on any atom is -0.481 e. The molecular formula is C13H21N3O4. The van der Waals surface area contributed by atoms with E-state index in [0.717, 1.165) is 0 Å². The summed E-state index contributed by atoms with van der Waals surface area (Å²) in [5.41, 5.74) is -0.827. The van der Waals surface area contributed by atoms with Crippen molar-refractivity contribution in [3.05, 3.63) is 0 Å². The maximum absolute atomic E-state index is 12.0. The fourth-order valence-electron chi connectivity index (χ4n) is 2.57. The first kappa shape index (κ1) is 14.8. The lowest BCUT2D eigenvalue weighted by Crippen LogP contribution is -2.53. The highest BCUT2D eigenvalue weighted by molar-refractivity contribution is 6.06. The van der Waals surface area contributed by atoms with Gasteiger partial charge in [0, 0.05) is 26.2 Å². The van der Waals surface area contributed by atoms with Crippen molar-refractivity contribution in [2.45, 2.75) is 26.3 Å². The van der Waals surface area contributed by atoms with Crippen molar-refractivity contribution in [1.29, 1.82) is 0 Å². The summed E-state index contributed by atoms with van der Waals surface area (Å²) in [4.78, 5) is 37.8. The van der Waals surface area contributed by atoms with E-state index in [1.165, 1.54) is 4.90 Å². The third kappa shape index (κ3) is 2.63. The van der Waals surface area contributed by atoms with Gasteiger partial charge in [-0.15, -0.1) is 0 Å². The van der Waals surface area contributed by atoms with Crippen LogP contribution in [0.3, 0.4) is 0 Å². The largest absolute Gasteiger partial charge is 0.481 e. The van der Waals surface area contributed by atoms with Gasteiger partial charge in [-0.1, -0.05) is 6.92 Å². The van der Waals surface area contributed by atoms with Gasteiger partial charge >= 0.3 is 12.0 Å². The Morgan fingerprint density at radius 1 is 1.40 bits per heavy atom. The third-order valence-corrected chi connectivity index (χ3v) is 4.17. The number of likely N-dealkylation sites (tertiary alicyclic amines) is 1. The Labute approximate surface area is 117 Å². The molecule has 0 saturated carbocycles. The van der Waals surface area contributed by atoms with Crippen molar-refractivity contribution in [2.75, 3.05) is 26.2 Å². The molecule has 3 amide bonds. The molecule has 20 heavy (non-hydrogen) atoms. The summed E-state index contributed by atoms with van der Waals surface area (Å²) in [6, 6.07) is -0.351. The number of urea groups is 1. The molecule has 0 bridgehead atoms. The van der Waals surface area contributed by atoms with Crippen LogP contribution in [0.4, 0.5) is 4.79 Å². The normalized spacial score (nSPS) is 24.4. The molecule has 2 heterocycles. The van der Waals surface area contributed by atoms with Gasteiger partial charge < -0.3 is 15.3 Å². The van der Waals surface area contributed by atoms with E-state index >= 15 is 0 Å². The summed E-state index contributed by atoms with van der Waals surface area (Å²) >= 11 is 0. The van der Waals surface area contributed by atoms with E-state index in [0.29, 0.717) is 26.2 Å². The molecule has 2 N–H and O–H groups in total. The van der Waals surface area contributed by atoms with Crippen molar-refractivity contribution in [3.8, 4) is 0 Å². The second-order valence-corrected chi connectivity index (χ2v) is 6.16. The predicted octanol–water partition coefficient (Wildman–Crippen LogP) is -0.0307. The first-order valence-electron chi connectivity index (χ1n) is 6.81. The number of imide groups is 1. The van der Waals surface area contributed by atoms with Gasteiger partial charge in [0.15, 0.2) is 0 Å². The summed E-state index contributed by atoms with van der Waals surface area (Å²) < 4.78 is 0. The van der Waals surface area contributed by atoms with E-state index in [9.17, 15) is 14.4 Å². The molecule has 2 rings (SSSR count). The molecule has 112 valence electrons. The molecular weight excluding hydrogens is 262 g/mol. The number of nitrogens with one attached hydrogen (secondary N) is 1. The molecule has 0 aliphatic carbocycles. The van der Waals surface area contributed by atoms with Crippen LogP contribution in [0, 0.1) is 11.8 Å². The van der Waals surface area contributed by atoms with Gasteiger partial charge in [0.25, 0.3) is 5.91 Å². The second-order valence-electron chi connectivity index (χ2n) is 6.16. The number of carbonyl (C=O) groups excluding carboxylic acids is 2. The Bertz CT molecular complexity index is 443. The molecule has 2 aliphatic heterocycles.